The number of hydrogen-bond donors (Lipinski definition) is 1. The number of carbonyl (C=O) groups excluding carboxylic acids is 1. The molecule has 0 fully saturated rings. The third-order valence-corrected chi connectivity index (χ3v) is 4.25. The van der Waals surface area contributed by atoms with Gasteiger partial charge in [0.1, 0.15) is 0 Å². The maximum atomic E-state index is 12.3. The van der Waals surface area contributed by atoms with Crippen molar-refractivity contribution in [2.45, 2.75) is 33.0 Å². The van der Waals surface area contributed by atoms with Crippen molar-refractivity contribution in [1.82, 2.24) is 20.0 Å². The Kier molecular flexibility index (Phi) is 5.64. The van der Waals surface area contributed by atoms with Gasteiger partial charge in [0.2, 0.25) is 0 Å². The summed E-state index contributed by atoms with van der Waals surface area (Å²) in [5, 5.41) is 7.13. The van der Waals surface area contributed by atoms with Gasteiger partial charge in [0.15, 0.2) is 0 Å². The molecule has 2 aromatic rings. The number of rotatable bonds is 6. The lowest BCUT2D eigenvalue weighted by Gasteiger charge is -2.23. The molecule has 114 valence electrons. The lowest BCUT2D eigenvalue weighted by atomic mass is 10.3. The van der Waals surface area contributed by atoms with E-state index in [1.54, 1.807) is 15.8 Å². The van der Waals surface area contributed by atoms with Crippen molar-refractivity contribution in [2.24, 2.45) is 0 Å². The number of carbonyl (C=O) groups is 1. The molecule has 0 aliphatic heterocycles. The molecule has 0 spiro atoms. The number of urea groups is 1. The van der Waals surface area contributed by atoms with Crippen molar-refractivity contribution < 1.29 is 4.79 Å². The quantitative estimate of drug-likeness (QED) is 0.886. The van der Waals surface area contributed by atoms with Gasteiger partial charge in [-0.3, -0.25) is 4.68 Å². The molecule has 2 amide bonds. The molecule has 2 aromatic heterocycles. The Hall–Kier alpha value is -1.53. The second kappa shape index (κ2) is 7.47. The zero-order valence-electron chi connectivity index (χ0n) is 12.1. The molecule has 0 saturated heterocycles. The van der Waals surface area contributed by atoms with Gasteiger partial charge in [0.05, 0.1) is 17.4 Å². The van der Waals surface area contributed by atoms with E-state index in [0.29, 0.717) is 19.6 Å². The maximum Gasteiger partial charge on any atom is 0.317 e. The summed E-state index contributed by atoms with van der Waals surface area (Å²) in [7, 11) is 0. The van der Waals surface area contributed by atoms with Crippen molar-refractivity contribution in [1.29, 1.82) is 0 Å². The number of nitrogens with one attached hydrogen (secondary N) is 1. The van der Waals surface area contributed by atoms with Gasteiger partial charge in [0, 0.05) is 29.9 Å². The van der Waals surface area contributed by atoms with E-state index in [1.807, 2.05) is 38.2 Å². The summed E-state index contributed by atoms with van der Waals surface area (Å²) in [6, 6.07) is 5.62. The van der Waals surface area contributed by atoms with Gasteiger partial charge >= 0.3 is 6.03 Å². The van der Waals surface area contributed by atoms with Crippen LogP contribution in [0.25, 0.3) is 0 Å². The first-order valence-electron chi connectivity index (χ1n) is 6.85. The molecular formula is C14H19ClN4OS. The molecule has 0 aliphatic carbocycles. The van der Waals surface area contributed by atoms with E-state index >= 15 is 0 Å². The third kappa shape index (κ3) is 4.75. The summed E-state index contributed by atoms with van der Waals surface area (Å²) >= 11 is 7.42. The van der Waals surface area contributed by atoms with E-state index in [4.69, 9.17) is 11.6 Å². The molecule has 0 aliphatic rings. The van der Waals surface area contributed by atoms with E-state index in [0.717, 1.165) is 9.21 Å². The van der Waals surface area contributed by atoms with Crippen LogP contribution in [0, 0.1) is 0 Å². The minimum absolute atomic E-state index is 0.0124. The number of hydrogen-bond acceptors (Lipinski definition) is 3. The minimum Gasteiger partial charge on any atom is -0.334 e. The Labute approximate surface area is 133 Å². The molecule has 2 heterocycles. The van der Waals surface area contributed by atoms with E-state index in [9.17, 15) is 4.79 Å². The second-order valence-electron chi connectivity index (χ2n) is 4.80. The molecule has 0 aromatic carbocycles. The molecule has 7 heteroatoms. The van der Waals surface area contributed by atoms with E-state index in [-0.39, 0.29) is 12.1 Å². The Morgan fingerprint density at radius 2 is 2.38 bits per heavy atom. The predicted octanol–water partition coefficient (Wildman–Crippen LogP) is 3.22. The standard InChI is InChI=1S/C14H19ClN4OS/c1-3-18(10-12-5-6-13(15)21-12)14(20)17-11(2)9-19-8-4-7-16-19/h4-8,11H,3,9-10H2,1-2H3,(H,17,20). The molecule has 2 rings (SSSR count). The van der Waals surface area contributed by atoms with E-state index in [1.165, 1.54) is 11.3 Å². The highest BCUT2D eigenvalue weighted by molar-refractivity contribution is 7.16. The van der Waals surface area contributed by atoms with Crippen LogP contribution in [0.3, 0.4) is 0 Å². The molecule has 5 nitrogen and oxygen atoms in total. The summed E-state index contributed by atoms with van der Waals surface area (Å²) < 4.78 is 2.55. The Bertz CT molecular complexity index is 569. The zero-order valence-corrected chi connectivity index (χ0v) is 13.7. The highest BCUT2D eigenvalue weighted by atomic mass is 35.5. The molecular weight excluding hydrogens is 308 g/mol. The van der Waals surface area contributed by atoms with E-state index < -0.39 is 0 Å². The lowest BCUT2D eigenvalue weighted by molar-refractivity contribution is 0.193. The Balaban J connectivity index is 1.87. The van der Waals surface area contributed by atoms with Gasteiger partial charge in [-0.1, -0.05) is 11.6 Å². The van der Waals surface area contributed by atoms with Crippen LogP contribution >= 0.6 is 22.9 Å². The van der Waals surface area contributed by atoms with Crippen molar-refractivity contribution in [3.8, 4) is 0 Å². The predicted molar refractivity (Wildman–Crippen MR) is 85.6 cm³/mol. The normalized spacial score (nSPS) is 12.1. The lowest BCUT2D eigenvalue weighted by Crippen LogP contribution is -2.44. The van der Waals surface area contributed by atoms with Gasteiger partial charge in [-0.25, -0.2) is 4.79 Å². The average molecular weight is 327 g/mol. The first-order valence-corrected chi connectivity index (χ1v) is 8.05. The van der Waals surface area contributed by atoms with Crippen molar-refractivity contribution >= 4 is 29.0 Å². The fourth-order valence-electron chi connectivity index (χ4n) is 1.99. The topological polar surface area (TPSA) is 50.2 Å². The molecule has 0 bridgehead atoms. The number of nitrogens with zero attached hydrogens (tertiary/aromatic N) is 3. The number of halogens is 1. The van der Waals surface area contributed by atoms with Crippen molar-refractivity contribution in [3.63, 3.8) is 0 Å². The first-order chi connectivity index (χ1) is 10.1. The largest absolute Gasteiger partial charge is 0.334 e. The summed E-state index contributed by atoms with van der Waals surface area (Å²) in [5.41, 5.74) is 0. The number of amides is 2. The highest BCUT2D eigenvalue weighted by Crippen LogP contribution is 2.22. The van der Waals surface area contributed by atoms with Gasteiger partial charge in [-0.15, -0.1) is 11.3 Å². The summed E-state index contributed by atoms with van der Waals surface area (Å²) in [6.07, 6.45) is 3.61. The highest BCUT2D eigenvalue weighted by Gasteiger charge is 2.15. The molecule has 21 heavy (non-hydrogen) atoms. The maximum absolute atomic E-state index is 12.3. The van der Waals surface area contributed by atoms with Crippen LogP contribution in [-0.4, -0.2) is 33.3 Å². The van der Waals surface area contributed by atoms with Gasteiger partial charge < -0.3 is 10.2 Å². The van der Waals surface area contributed by atoms with Crippen LogP contribution in [0.2, 0.25) is 4.34 Å². The number of thiophene rings is 1. The molecule has 1 unspecified atom stereocenters. The van der Waals surface area contributed by atoms with Crippen LogP contribution in [-0.2, 0) is 13.1 Å². The van der Waals surface area contributed by atoms with Crippen LogP contribution in [0.5, 0.6) is 0 Å². The third-order valence-electron chi connectivity index (χ3n) is 3.03. The van der Waals surface area contributed by atoms with Gasteiger partial charge in [0.25, 0.3) is 0 Å². The Morgan fingerprint density at radius 3 is 2.95 bits per heavy atom. The molecule has 1 atom stereocenters. The molecule has 1 N–H and O–H groups in total. The van der Waals surface area contributed by atoms with Crippen molar-refractivity contribution in [2.75, 3.05) is 6.54 Å². The van der Waals surface area contributed by atoms with Crippen LogP contribution in [0.4, 0.5) is 4.79 Å². The van der Waals surface area contributed by atoms with Crippen LogP contribution in [0.1, 0.15) is 18.7 Å². The van der Waals surface area contributed by atoms with E-state index in [2.05, 4.69) is 10.4 Å². The SMILES string of the molecule is CCN(Cc1ccc(Cl)s1)C(=O)NC(C)Cn1cccn1. The summed E-state index contributed by atoms with van der Waals surface area (Å²) in [4.78, 5) is 15.1. The smallest absolute Gasteiger partial charge is 0.317 e. The molecule has 0 radical (unpaired) electrons. The average Bonchev–Trinajstić information content (AvgIpc) is 3.07. The summed E-state index contributed by atoms with van der Waals surface area (Å²) in [5.74, 6) is 0. The zero-order chi connectivity index (χ0) is 15.2. The Morgan fingerprint density at radius 1 is 1.57 bits per heavy atom. The van der Waals surface area contributed by atoms with Gasteiger partial charge in [-0.2, -0.15) is 5.10 Å². The van der Waals surface area contributed by atoms with Crippen LogP contribution < -0.4 is 5.32 Å². The fourth-order valence-corrected chi connectivity index (χ4v) is 3.09. The molecule has 0 saturated carbocycles. The number of aromatic nitrogens is 2. The first kappa shape index (κ1) is 15.9. The fraction of sp³-hybridized carbons (Fsp3) is 0.429. The van der Waals surface area contributed by atoms with Gasteiger partial charge in [-0.05, 0) is 32.0 Å². The van der Waals surface area contributed by atoms with Crippen molar-refractivity contribution in [3.05, 3.63) is 39.8 Å². The summed E-state index contributed by atoms with van der Waals surface area (Å²) in [6.45, 7) is 5.81. The minimum atomic E-state index is -0.0679. The second-order valence-corrected chi connectivity index (χ2v) is 6.60. The van der Waals surface area contributed by atoms with Crippen LogP contribution in [0.15, 0.2) is 30.6 Å². The monoisotopic (exact) mass is 326 g/mol.